The fraction of sp³-hybridized carbons (Fsp3) is 0.185. The van der Waals surface area contributed by atoms with Gasteiger partial charge in [0.05, 0.1) is 0 Å². The number of benzene rings is 6. The largest absolute Gasteiger partial charge is 0.311 e. The van der Waals surface area contributed by atoms with Gasteiger partial charge in [-0.05, 0) is 105 Å². The molecule has 0 saturated carbocycles. The van der Waals surface area contributed by atoms with E-state index in [9.17, 15) is 0 Å². The fourth-order valence-electron chi connectivity index (χ4n) is 10.3. The molecule has 6 aromatic carbocycles. The summed E-state index contributed by atoms with van der Waals surface area (Å²) < 4.78 is 2.81. The van der Waals surface area contributed by atoms with Crippen molar-refractivity contribution in [3.63, 3.8) is 0 Å². The van der Waals surface area contributed by atoms with Crippen LogP contribution in [0.3, 0.4) is 0 Å². The van der Waals surface area contributed by atoms with Crippen LogP contribution in [0.4, 0.5) is 11.4 Å². The summed E-state index contributed by atoms with van der Waals surface area (Å²) in [6, 6.07) is 47.9. The van der Waals surface area contributed by atoms with Crippen molar-refractivity contribution in [2.75, 3.05) is 4.90 Å². The van der Waals surface area contributed by atoms with E-state index in [4.69, 9.17) is 0 Å². The molecule has 7 aromatic rings. The maximum atomic E-state index is 2.51. The van der Waals surface area contributed by atoms with Crippen molar-refractivity contribution < 1.29 is 0 Å². The van der Waals surface area contributed by atoms with E-state index in [0.29, 0.717) is 11.8 Å². The van der Waals surface area contributed by atoms with Crippen molar-refractivity contribution in [3.05, 3.63) is 203 Å². The third kappa shape index (κ3) is 4.98. The zero-order valence-corrected chi connectivity index (χ0v) is 33.3. The summed E-state index contributed by atoms with van der Waals surface area (Å²) in [5.41, 5.74) is 17.4. The van der Waals surface area contributed by atoms with E-state index in [1.54, 1.807) is 0 Å². The van der Waals surface area contributed by atoms with E-state index in [0.717, 1.165) is 12.8 Å². The molecule has 2 atom stereocenters. The molecule has 11 rings (SSSR count). The van der Waals surface area contributed by atoms with Gasteiger partial charge in [0.2, 0.25) is 0 Å². The van der Waals surface area contributed by atoms with Crippen LogP contribution in [-0.4, -0.2) is 0 Å². The quantitative estimate of drug-likeness (QED) is 0.170. The standard InChI is InChI=1S/C54H45NS/c1-53(2)47-17-8-5-12-41(47)43-30-28-38(32-49(43)53)55(39-29-31-44-42-13-6-9-18-48(42)54(3,4)50(44)33-39)37-26-24-35(25-27-37)34-20-22-36(23-21-34)40-15-11-16-46-45-14-7-10-19-51(45)56-52(40)46/h5-22,24,26-33,35-36H,23,25H2,1-4H3. The van der Waals surface area contributed by atoms with Crippen LogP contribution in [0, 0.1) is 5.92 Å². The second kappa shape index (κ2) is 12.4. The summed E-state index contributed by atoms with van der Waals surface area (Å²) in [6.45, 7) is 9.52. The number of allylic oxidation sites excluding steroid dienone is 7. The number of rotatable bonds is 5. The molecule has 1 heterocycles. The molecule has 0 spiro atoms. The Labute approximate surface area is 334 Å². The third-order valence-electron chi connectivity index (χ3n) is 13.4. The van der Waals surface area contributed by atoms with E-state index >= 15 is 0 Å². The maximum Gasteiger partial charge on any atom is 0.0464 e. The first-order valence-corrected chi connectivity index (χ1v) is 21.0. The summed E-state index contributed by atoms with van der Waals surface area (Å²) in [5.74, 6) is 0.759. The summed E-state index contributed by atoms with van der Waals surface area (Å²) in [4.78, 5) is 2.51. The molecule has 272 valence electrons. The molecule has 2 unspecified atom stereocenters. The molecule has 0 N–H and O–H groups in total. The van der Waals surface area contributed by atoms with Crippen LogP contribution in [0.5, 0.6) is 0 Å². The highest BCUT2D eigenvalue weighted by Gasteiger charge is 2.38. The average Bonchev–Trinajstić information content (AvgIpc) is 3.81. The van der Waals surface area contributed by atoms with Crippen molar-refractivity contribution >= 4 is 42.9 Å². The molecule has 0 fully saturated rings. The Balaban J connectivity index is 0.931. The van der Waals surface area contributed by atoms with Crippen LogP contribution in [0.25, 0.3) is 42.4 Å². The maximum absolute atomic E-state index is 2.51. The van der Waals surface area contributed by atoms with E-state index in [1.165, 1.54) is 92.9 Å². The van der Waals surface area contributed by atoms with Gasteiger partial charge in [-0.1, -0.05) is 155 Å². The first-order chi connectivity index (χ1) is 27.3. The number of hydrogen-bond acceptors (Lipinski definition) is 2. The molecule has 0 radical (unpaired) electrons. The van der Waals surface area contributed by atoms with Crippen LogP contribution in [0.2, 0.25) is 0 Å². The van der Waals surface area contributed by atoms with E-state index in [1.807, 2.05) is 11.3 Å². The van der Waals surface area contributed by atoms with Crippen molar-refractivity contribution in [1.29, 1.82) is 0 Å². The van der Waals surface area contributed by atoms with Crippen molar-refractivity contribution in [2.24, 2.45) is 5.92 Å². The van der Waals surface area contributed by atoms with Crippen LogP contribution in [0.15, 0.2) is 175 Å². The van der Waals surface area contributed by atoms with Crippen LogP contribution in [0.1, 0.15) is 74.3 Å². The minimum absolute atomic E-state index is 0.0722. The molecular formula is C54H45NS. The number of thiophene rings is 1. The smallest absolute Gasteiger partial charge is 0.0464 e. The lowest BCUT2D eigenvalue weighted by Crippen LogP contribution is -2.21. The molecule has 2 heteroatoms. The highest BCUT2D eigenvalue weighted by atomic mass is 32.1. The lowest BCUT2D eigenvalue weighted by atomic mass is 9.81. The molecule has 0 amide bonds. The van der Waals surface area contributed by atoms with Gasteiger partial charge in [-0.3, -0.25) is 0 Å². The molecule has 1 aromatic heterocycles. The van der Waals surface area contributed by atoms with E-state index in [2.05, 4.69) is 196 Å². The van der Waals surface area contributed by atoms with Crippen LogP contribution < -0.4 is 4.90 Å². The van der Waals surface area contributed by atoms with Gasteiger partial charge < -0.3 is 4.90 Å². The van der Waals surface area contributed by atoms with Crippen molar-refractivity contribution in [1.82, 2.24) is 0 Å². The molecule has 0 aliphatic heterocycles. The second-order valence-corrected chi connectivity index (χ2v) is 18.2. The van der Waals surface area contributed by atoms with Gasteiger partial charge in [0.15, 0.2) is 0 Å². The highest BCUT2D eigenvalue weighted by molar-refractivity contribution is 7.26. The number of anilines is 2. The Morgan fingerprint density at radius 2 is 1.09 bits per heavy atom. The zero-order valence-electron chi connectivity index (χ0n) is 32.5. The normalized spacial score (nSPS) is 19.6. The van der Waals surface area contributed by atoms with Crippen molar-refractivity contribution in [3.8, 4) is 22.3 Å². The Kier molecular flexibility index (Phi) is 7.45. The Morgan fingerprint density at radius 1 is 0.518 bits per heavy atom. The topological polar surface area (TPSA) is 3.24 Å². The number of nitrogens with zero attached hydrogens (tertiary/aromatic N) is 1. The Bertz CT molecular complexity index is 2780. The summed E-state index contributed by atoms with van der Waals surface area (Å²) in [5, 5.41) is 2.76. The first kappa shape index (κ1) is 33.6. The van der Waals surface area contributed by atoms with Gasteiger partial charge in [0.25, 0.3) is 0 Å². The molecule has 4 aliphatic rings. The minimum atomic E-state index is -0.0722. The Hall–Kier alpha value is -5.70. The molecule has 56 heavy (non-hydrogen) atoms. The molecule has 4 aliphatic carbocycles. The highest BCUT2D eigenvalue weighted by Crippen LogP contribution is 2.53. The number of hydrogen-bond donors (Lipinski definition) is 0. The predicted octanol–water partition coefficient (Wildman–Crippen LogP) is 14.9. The molecule has 0 saturated heterocycles. The lowest BCUT2D eigenvalue weighted by molar-refractivity contribution is 0.660. The molecule has 0 bridgehead atoms. The number of fused-ring (bicyclic) bond motifs is 9. The van der Waals surface area contributed by atoms with Gasteiger partial charge in [-0.15, -0.1) is 11.3 Å². The Morgan fingerprint density at radius 3 is 1.71 bits per heavy atom. The SMILES string of the molecule is CC1(C)c2ccccc2-c2ccc(N(C3=CCC(C4=CCC(c5cccc6c5sc5ccccc56)C=C4)C=C3)c3ccc4c(c3)C(C)(C)c3ccccc3-4)cc21. The average molecular weight is 740 g/mol. The molecular weight excluding hydrogens is 695 g/mol. The summed E-state index contributed by atoms with van der Waals surface area (Å²) in [7, 11) is 0. The van der Waals surface area contributed by atoms with Crippen molar-refractivity contribution in [2.45, 2.75) is 57.3 Å². The van der Waals surface area contributed by atoms with Gasteiger partial charge in [-0.25, -0.2) is 0 Å². The van der Waals surface area contributed by atoms with Crippen LogP contribution >= 0.6 is 11.3 Å². The fourth-order valence-corrected chi connectivity index (χ4v) is 11.6. The monoisotopic (exact) mass is 739 g/mol. The van der Waals surface area contributed by atoms with E-state index in [-0.39, 0.29) is 10.8 Å². The zero-order chi connectivity index (χ0) is 37.8. The molecule has 1 nitrogen and oxygen atoms in total. The van der Waals surface area contributed by atoms with Gasteiger partial charge in [0, 0.05) is 59.9 Å². The summed E-state index contributed by atoms with van der Waals surface area (Å²) in [6.07, 6.45) is 16.7. The van der Waals surface area contributed by atoms with Gasteiger partial charge in [0.1, 0.15) is 0 Å². The first-order valence-electron chi connectivity index (χ1n) is 20.2. The minimum Gasteiger partial charge on any atom is -0.311 e. The van der Waals surface area contributed by atoms with Gasteiger partial charge in [-0.2, -0.15) is 0 Å². The predicted molar refractivity (Wildman–Crippen MR) is 239 cm³/mol. The lowest BCUT2D eigenvalue weighted by Gasteiger charge is -2.32. The summed E-state index contributed by atoms with van der Waals surface area (Å²) >= 11 is 1.94. The van der Waals surface area contributed by atoms with Crippen LogP contribution in [-0.2, 0) is 10.8 Å². The third-order valence-corrected chi connectivity index (χ3v) is 14.6. The van der Waals surface area contributed by atoms with E-state index < -0.39 is 0 Å². The second-order valence-electron chi connectivity index (χ2n) is 17.2. The van der Waals surface area contributed by atoms with Gasteiger partial charge >= 0.3 is 0 Å².